The Kier molecular flexibility index (Phi) is 6.04. The average Bonchev–Trinajstić information content (AvgIpc) is 3.11. The summed E-state index contributed by atoms with van der Waals surface area (Å²) >= 11 is 0. The number of likely N-dealkylation sites (tertiary alicyclic amines) is 1. The zero-order valence-electron chi connectivity index (χ0n) is 18.2. The van der Waals surface area contributed by atoms with Crippen molar-refractivity contribution in [3.63, 3.8) is 0 Å². The van der Waals surface area contributed by atoms with Gasteiger partial charge in [-0.25, -0.2) is 0 Å². The molecule has 0 N–H and O–H groups in total. The lowest BCUT2D eigenvalue weighted by molar-refractivity contribution is 0.0895. The zero-order valence-corrected chi connectivity index (χ0v) is 18.2. The molecule has 0 amide bonds. The van der Waals surface area contributed by atoms with E-state index in [1.807, 2.05) is 0 Å². The minimum Gasteiger partial charge on any atom is -0.299 e. The van der Waals surface area contributed by atoms with Crippen LogP contribution in [0.25, 0.3) is 0 Å². The van der Waals surface area contributed by atoms with Crippen LogP contribution in [0, 0.1) is 11.8 Å². The summed E-state index contributed by atoms with van der Waals surface area (Å²) in [4.78, 5) is 15.6. The standard InChI is InChI=1S/C28H35NO/c30-28-26(17-21-13-15-29(16-14-21)20-22-7-3-1-4-8-22)19-25-18-24(11-12-27(25)28)23-9-5-2-6-10-23/h1,3-4,7-8,11-12,18,21,23,26H,2,5-6,9-10,13-17,19-20H2. The molecular formula is C28H35NO. The van der Waals surface area contributed by atoms with Gasteiger partial charge in [-0.1, -0.05) is 67.8 Å². The SMILES string of the molecule is O=C1c2ccc(C3CCCCC3)cc2CC1CC1CCN(Cc2ccccc2)CC1. The van der Waals surface area contributed by atoms with Crippen LogP contribution >= 0.6 is 0 Å². The van der Waals surface area contributed by atoms with E-state index in [1.165, 1.54) is 74.7 Å². The summed E-state index contributed by atoms with van der Waals surface area (Å²) < 4.78 is 0. The maximum Gasteiger partial charge on any atom is 0.166 e. The number of carbonyl (C=O) groups is 1. The van der Waals surface area contributed by atoms with Crippen molar-refractivity contribution >= 4 is 5.78 Å². The van der Waals surface area contributed by atoms with Gasteiger partial charge in [0.2, 0.25) is 0 Å². The molecule has 2 aliphatic carbocycles. The van der Waals surface area contributed by atoms with Crippen molar-refractivity contribution in [3.8, 4) is 0 Å². The van der Waals surface area contributed by atoms with Gasteiger partial charge in [-0.15, -0.1) is 0 Å². The molecule has 0 bridgehead atoms. The maximum atomic E-state index is 13.1. The van der Waals surface area contributed by atoms with Gasteiger partial charge in [-0.05, 0) is 80.1 Å². The average molecular weight is 402 g/mol. The summed E-state index contributed by atoms with van der Waals surface area (Å²) in [5.74, 6) is 2.09. The molecule has 1 aliphatic heterocycles. The van der Waals surface area contributed by atoms with Crippen molar-refractivity contribution in [3.05, 3.63) is 70.8 Å². The number of hydrogen-bond acceptors (Lipinski definition) is 2. The predicted molar refractivity (Wildman–Crippen MR) is 123 cm³/mol. The van der Waals surface area contributed by atoms with E-state index in [2.05, 4.69) is 53.4 Å². The molecule has 1 saturated carbocycles. The Bertz CT molecular complexity index is 859. The first-order chi connectivity index (χ1) is 14.8. The van der Waals surface area contributed by atoms with E-state index in [1.54, 1.807) is 0 Å². The molecule has 3 aliphatic rings. The van der Waals surface area contributed by atoms with Crippen molar-refractivity contribution in [2.24, 2.45) is 11.8 Å². The van der Waals surface area contributed by atoms with Gasteiger partial charge in [-0.3, -0.25) is 9.69 Å². The van der Waals surface area contributed by atoms with Crippen molar-refractivity contribution in [1.82, 2.24) is 4.90 Å². The fraction of sp³-hybridized carbons (Fsp3) is 0.536. The third kappa shape index (κ3) is 4.39. The molecule has 2 aromatic rings. The molecule has 0 radical (unpaired) electrons. The Morgan fingerprint density at radius 1 is 0.867 bits per heavy atom. The fourth-order valence-corrected chi connectivity index (χ4v) is 6.11. The van der Waals surface area contributed by atoms with E-state index >= 15 is 0 Å². The normalized spacial score (nSPS) is 23.6. The largest absolute Gasteiger partial charge is 0.299 e. The number of ketones is 1. The highest BCUT2D eigenvalue weighted by Crippen LogP contribution is 2.38. The molecule has 30 heavy (non-hydrogen) atoms. The second-order valence-corrected chi connectivity index (χ2v) is 9.96. The second-order valence-electron chi connectivity index (χ2n) is 9.96. The first-order valence-corrected chi connectivity index (χ1v) is 12.2. The summed E-state index contributed by atoms with van der Waals surface area (Å²) in [6.45, 7) is 3.39. The van der Waals surface area contributed by atoms with Crippen LogP contribution in [0.4, 0.5) is 0 Å². The van der Waals surface area contributed by atoms with Crippen LogP contribution in [0.1, 0.15) is 84.3 Å². The number of carbonyl (C=O) groups excluding carboxylic acids is 1. The lowest BCUT2D eigenvalue weighted by Crippen LogP contribution is -2.34. The lowest BCUT2D eigenvalue weighted by atomic mass is 9.83. The van der Waals surface area contributed by atoms with Gasteiger partial charge in [0, 0.05) is 18.0 Å². The highest BCUT2D eigenvalue weighted by molar-refractivity contribution is 6.02. The third-order valence-electron chi connectivity index (χ3n) is 7.88. The van der Waals surface area contributed by atoms with Crippen LogP contribution in [-0.4, -0.2) is 23.8 Å². The van der Waals surface area contributed by atoms with E-state index in [9.17, 15) is 4.79 Å². The smallest absolute Gasteiger partial charge is 0.166 e. The van der Waals surface area contributed by atoms with Crippen molar-refractivity contribution in [1.29, 1.82) is 0 Å². The van der Waals surface area contributed by atoms with Gasteiger partial charge < -0.3 is 0 Å². The van der Waals surface area contributed by atoms with E-state index in [0.717, 1.165) is 30.9 Å². The summed E-state index contributed by atoms with van der Waals surface area (Å²) in [7, 11) is 0. The summed E-state index contributed by atoms with van der Waals surface area (Å²) in [6.07, 6.45) is 11.3. The fourth-order valence-electron chi connectivity index (χ4n) is 6.11. The number of Topliss-reactive ketones (excluding diaryl/α,β-unsaturated/α-hetero) is 1. The number of rotatable bonds is 5. The monoisotopic (exact) mass is 401 g/mol. The summed E-state index contributed by atoms with van der Waals surface area (Å²) in [5.41, 5.74) is 5.28. The van der Waals surface area contributed by atoms with Crippen LogP contribution < -0.4 is 0 Å². The summed E-state index contributed by atoms with van der Waals surface area (Å²) in [6, 6.07) is 17.6. The highest BCUT2D eigenvalue weighted by Gasteiger charge is 2.33. The minimum absolute atomic E-state index is 0.229. The Balaban J connectivity index is 1.16. The Hall–Kier alpha value is -1.93. The van der Waals surface area contributed by atoms with Gasteiger partial charge in [0.25, 0.3) is 0 Å². The topological polar surface area (TPSA) is 20.3 Å². The van der Waals surface area contributed by atoms with Gasteiger partial charge in [0.1, 0.15) is 0 Å². The van der Waals surface area contributed by atoms with Crippen LogP contribution in [0.5, 0.6) is 0 Å². The predicted octanol–water partition coefficient (Wildman–Crippen LogP) is 6.39. The molecule has 1 atom stereocenters. The molecule has 0 spiro atoms. The molecule has 2 nitrogen and oxygen atoms in total. The van der Waals surface area contributed by atoms with Crippen LogP contribution in [-0.2, 0) is 13.0 Å². The number of benzene rings is 2. The third-order valence-corrected chi connectivity index (χ3v) is 7.88. The molecule has 5 rings (SSSR count). The molecule has 2 aromatic carbocycles. The van der Waals surface area contributed by atoms with Crippen LogP contribution in [0.3, 0.4) is 0 Å². The Labute approximate surface area is 181 Å². The molecular weight excluding hydrogens is 366 g/mol. The number of piperidine rings is 1. The Morgan fingerprint density at radius 2 is 1.63 bits per heavy atom. The van der Waals surface area contributed by atoms with Gasteiger partial charge in [-0.2, -0.15) is 0 Å². The molecule has 1 heterocycles. The number of nitrogens with zero attached hydrogens (tertiary/aromatic N) is 1. The number of fused-ring (bicyclic) bond motifs is 1. The maximum absolute atomic E-state index is 13.1. The second kappa shape index (κ2) is 9.06. The molecule has 2 fully saturated rings. The van der Waals surface area contributed by atoms with E-state index < -0.39 is 0 Å². The van der Waals surface area contributed by atoms with Gasteiger partial charge in [0.05, 0.1) is 0 Å². The molecule has 1 saturated heterocycles. The summed E-state index contributed by atoms with van der Waals surface area (Å²) in [5, 5.41) is 0. The van der Waals surface area contributed by atoms with Crippen molar-refractivity contribution in [2.45, 2.75) is 70.3 Å². The number of hydrogen-bond donors (Lipinski definition) is 0. The van der Waals surface area contributed by atoms with Crippen LogP contribution in [0.15, 0.2) is 48.5 Å². The van der Waals surface area contributed by atoms with Gasteiger partial charge in [0.15, 0.2) is 5.78 Å². The molecule has 1 unspecified atom stereocenters. The van der Waals surface area contributed by atoms with Crippen molar-refractivity contribution < 1.29 is 4.79 Å². The van der Waals surface area contributed by atoms with Crippen molar-refractivity contribution in [2.75, 3.05) is 13.1 Å². The quantitative estimate of drug-likeness (QED) is 0.578. The molecule has 2 heteroatoms. The molecule has 158 valence electrons. The minimum atomic E-state index is 0.229. The first kappa shape index (κ1) is 20.0. The van der Waals surface area contributed by atoms with E-state index in [4.69, 9.17) is 0 Å². The first-order valence-electron chi connectivity index (χ1n) is 12.2. The Morgan fingerprint density at radius 3 is 2.40 bits per heavy atom. The van der Waals surface area contributed by atoms with Gasteiger partial charge >= 0.3 is 0 Å². The van der Waals surface area contributed by atoms with Crippen LogP contribution in [0.2, 0.25) is 0 Å². The van der Waals surface area contributed by atoms with E-state index in [0.29, 0.717) is 11.7 Å². The highest BCUT2D eigenvalue weighted by atomic mass is 16.1. The molecule has 0 aromatic heterocycles. The van der Waals surface area contributed by atoms with E-state index in [-0.39, 0.29) is 5.92 Å². The lowest BCUT2D eigenvalue weighted by Gasteiger charge is -2.33. The zero-order chi connectivity index (χ0) is 20.3.